The molecule has 1 aliphatic heterocycles. The van der Waals surface area contributed by atoms with Gasteiger partial charge in [-0.15, -0.1) is 0 Å². The number of nitrogens with one attached hydrogen (secondary N) is 1. The van der Waals surface area contributed by atoms with E-state index in [4.69, 9.17) is 4.52 Å². The lowest BCUT2D eigenvalue weighted by atomic mass is 10.2. The molecule has 2 aromatic heterocycles. The molecule has 3 heterocycles. The molecule has 0 spiro atoms. The third-order valence-electron chi connectivity index (χ3n) is 3.99. The van der Waals surface area contributed by atoms with E-state index in [0.717, 1.165) is 37.7 Å². The molecule has 1 N–H and O–H groups in total. The molecule has 1 aliphatic rings. The van der Waals surface area contributed by atoms with Crippen LogP contribution in [0.4, 0.5) is 11.7 Å². The molecule has 0 unspecified atom stereocenters. The maximum absolute atomic E-state index is 12.3. The van der Waals surface area contributed by atoms with E-state index in [9.17, 15) is 4.79 Å². The Balaban J connectivity index is 1.53. The smallest absolute Gasteiger partial charge is 0.243 e. The summed E-state index contributed by atoms with van der Waals surface area (Å²) in [5.74, 6) is 1.17. The molecule has 0 bridgehead atoms. The van der Waals surface area contributed by atoms with Crippen molar-refractivity contribution < 1.29 is 9.32 Å². The van der Waals surface area contributed by atoms with Crippen LogP contribution in [-0.4, -0.2) is 58.2 Å². The second kappa shape index (κ2) is 6.74. The molecule has 3 rings (SSSR count). The van der Waals surface area contributed by atoms with Crippen molar-refractivity contribution in [1.82, 2.24) is 20.0 Å². The highest BCUT2D eigenvalue weighted by Crippen LogP contribution is 2.15. The monoisotopic (exact) mass is 316 g/mol. The van der Waals surface area contributed by atoms with Crippen LogP contribution in [0.1, 0.15) is 12.6 Å². The van der Waals surface area contributed by atoms with E-state index in [1.54, 1.807) is 24.7 Å². The van der Waals surface area contributed by atoms with Crippen LogP contribution in [0.15, 0.2) is 29.2 Å². The van der Waals surface area contributed by atoms with Gasteiger partial charge in [-0.2, -0.15) is 0 Å². The SMILES string of the molecule is Cc1cc(NC(=O)[C@@H](C)N2CCN(c3cnccn3)CC2)on1. The van der Waals surface area contributed by atoms with E-state index in [2.05, 4.69) is 30.2 Å². The van der Waals surface area contributed by atoms with E-state index in [1.165, 1.54) is 0 Å². The van der Waals surface area contributed by atoms with E-state index < -0.39 is 0 Å². The highest BCUT2D eigenvalue weighted by Gasteiger charge is 2.26. The predicted octanol–water partition coefficient (Wildman–Crippen LogP) is 0.922. The summed E-state index contributed by atoms with van der Waals surface area (Å²) < 4.78 is 5.02. The van der Waals surface area contributed by atoms with Crippen LogP contribution in [0, 0.1) is 6.92 Å². The van der Waals surface area contributed by atoms with Gasteiger partial charge in [-0.1, -0.05) is 5.16 Å². The van der Waals surface area contributed by atoms with Crippen molar-refractivity contribution in [3.8, 4) is 0 Å². The minimum absolute atomic E-state index is 0.0888. The van der Waals surface area contributed by atoms with Crippen LogP contribution in [-0.2, 0) is 4.79 Å². The van der Waals surface area contributed by atoms with Crippen molar-refractivity contribution in [1.29, 1.82) is 0 Å². The Morgan fingerprint density at radius 2 is 2.09 bits per heavy atom. The zero-order valence-corrected chi connectivity index (χ0v) is 13.3. The molecule has 122 valence electrons. The number of carbonyl (C=O) groups is 1. The van der Waals surface area contributed by atoms with Gasteiger partial charge in [0, 0.05) is 44.6 Å². The van der Waals surface area contributed by atoms with E-state index in [0.29, 0.717) is 5.88 Å². The Labute approximate surface area is 134 Å². The zero-order valence-electron chi connectivity index (χ0n) is 13.3. The molecule has 2 aromatic rings. The lowest BCUT2D eigenvalue weighted by Crippen LogP contribution is -2.53. The zero-order chi connectivity index (χ0) is 16.2. The van der Waals surface area contributed by atoms with E-state index >= 15 is 0 Å². The first-order valence-corrected chi connectivity index (χ1v) is 7.62. The Kier molecular flexibility index (Phi) is 4.52. The van der Waals surface area contributed by atoms with E-state index in [1.807, 2.05) is 13.8 Å². The van der Waals surface area contributed by atoms with Gasteiger partial charge in [0.05, 0.1) is 17.9 Å². The summed E-state index contributed by atoms with van der Waals surface area (Å²) in [4.78, 5) is 25.0. The summed E-state index contributed by atoms with van der Waals surface area (Å²) in [5.41, 5.74) is 0.741. The molecule has 0 saturated carbocycles. The molecule has 0 radical (unpaired) electrons. The number of piperazine rings is 1. The first kappa shape index (κ1) is 15.4. The standard InChI is InChI=1S/C15H20N6O2/c1-11-9-14(23-19-11)18-15(22)12(2)20-5-7-21(8-6-20)13-10-16-3-4-17-13/h3-4,9-10,12H,5-8H2,1-2H3,(H,18,22)/t12-/m1/s1. The molecule has 1 saturated heterocycles. The first-order valence-electron chi connectivity index (χ1n) is 7.62. The number of rotatable bonds is 4. The summed E-state index contributed by atoms with van der Waals surface area (Å²) in [6.45, 7) is 6.93. The van der Waals surface area contributed by atoms with E-state index in [-0.39, 0.29) is 11.9 Å². The third-order valence-corrected chi connectivity index (χ3v) is 3.99. The number of carbonyl (C=O) groups excluding carboxylic acids is 1. The average Bonchev–Trinajstić information content (AvgIpc) is 3.00. The van der Waals surface area contributed by atoms with Crippen LogP contribution in [0.25, 0.3) is 0 Å². The summed E-state index contributed by atoms with van der Waals surface area (Å²) in [6.07, 6.45) is 5.12. The van der Waals surface area contributed by atoms with Crippen LogP contribution in [0.3, 0.4) is 0 Å². The lowest BCUT2D eigenvalue weighted by molar-refractivity contribution is -0.121. The molecule has 23 heavy (non-hydrogen) atoms. The van der Waals surface area contributed by atoms with Gasteiger partial charge in [-0.3, -0.25) is 20.0 Å². The number of hydrogen-bond acceptors (Lipinski definition) is 7. The summed E-state index contributed by atoms with van der Waals surface area (Å²) in [6, 6.07) is 1.47. The van der Waals surface area contributed by atoms with Gasteiger partial charge in [0.15, 0.2) is 0 Å². The highest BCUT2D eigenvalue weighted by atomic mass is 16.5. The fourth-order valence-corrected chi connectivity index (χ4v) is 2.61. The number of aryl methyl sites for hydroxylation is 1. The highest BCUT2D eigenvalue weighted by molar-refractivity contribution is 5.93. The fourth-order valence-electron chi connectivity index (χ4n) is 2.61. The third kappa shape index (κ3) is 3.65. The van der Waals surface area contributed by atoms with Crippen molar-refractivity contribution >= 4 is 17.6 Å². The van der Waals surface area contributed by atoms with Crippen LogP contribution >= 0.6 is 0 Å². The van der Waals surface area contributed by atoms with Crippen molar-refractivity contribution in [3.05, 3.63) is 30.4 Å². The van der Waals surface area contributed by atoms with Crippen molar-refractivity contribution in [2.24, 2.45) is 0 Å². The molecular weight excluding hydrogens is 296 g/mol. The maximum Gasteiger partial charge on any atom is 0.243 e. The Morgan fingerprint density at radius 3 is 2.70 bits per heavy atom. The van der Waals surface area contributed by atoms with Gasteiger partial charge in [0.1, 0.15) is 5.82 Å². The van der Waals surface area contributed by atoms with Gasteiger partial charge >= 0.3 is 0 Å². The molecule has 8 nitrogen and oxygen atoms in total. The molecule has 1 amide bonds. The molecule has 8 heteroatoms. The van der Waals surface area contributed by atoms with Crippen LogP contribution < -0.4 is 10.2 Å². The molecule has 0 aromatic carbocycles. The van der Waals surface area contributed by atoms with Gasteiger partial charge in [-0.25, -0.2) is 4.98 Å². The van der Waals surface area contributed by atoms with Crippen molar-refractivity contribution in [3.63, 3.8) is 0 Å². The number of aromatic nitrogens is 3. The Hall–Kier alpha value is -2.48. The minimum atomic E-state index is -0.232. The van der Waals surface area contributed by atoms with Gasteiger partial charge < -0.3 is 9.42 Å². The minimum Gasteiger partial charge on any atom is -0.353 e. The lowest BCUT2D eigenvalue weighted by Gasteiger charge is -2.37. The fraction of sp³-hybridized carbons (Fsp3) is 0.467. The summed E-state index contributed by atoms with van der Waals surface area (Å²) in [7, 11) is 0. The number of amides is 1. The molecule has 1 fully saturated rings. The number of hydrogen-bond donors (Lipinski definition) is 1. The van der Waals surface area contributed by atoms with Crippen molar-refractivity contribution in [2.75, 3.05) is 36.4 Å². The number of anilines is 2. The predicted molar refractivity (Wildman–Crippen MR) is 85.1 cm³/mol. The van der Waals surface area contributed by atoms with Crippen molar-refractivity contribution in [2.45, 2.75) is 19.9 Å². The first-order chi connectivity index (χ1) is 11.1. The average molecular weight is 316 g/mol. The van der Waals surface area contributed by atoms with Gasteiger partial charge in [0.2, 0.25) is 11.8 Å². The van der Waals surface area contributed by atoms with Crippen LogP contribution in [0.5, 0.6) is 0 Å². The van der Waals surface area contributed by atoms with Gasteiger partial charge in [0.25, 0.3) is 0 Å². The Morgan fingerprint density at radius 1 is 1.30 bits per heavy atom. The second-order valence-corrected chi connectivity index (χ2v) is 5.58. The number of nitrogens with zero attached hydrogens (tertiary/aromatic N) is 5. The summed E-state index contributed by atoms with van der Waals surface area (Å²) >= 11 is 0. The normalized spacial score (nSPS) is 17.0. The maximum atomic E-state index is 12.3. The molecular formula is C15H20N6O2. The largest absolute Gasteiger partial charge is 0.353 e. The Bertz CT molecular complexity index is 651. The molecule has 1 atom stereocenters. The topological polar surface area (TPSA) is 87.4 Å². The quantitative estimate of drug-likeness (QED) is 0.897. The van der Waals surface area contributed by atoms with Crippen LogP contribution in [0.2, 0.25) is 0 Å². The van der Waals surface area contributed by atoms with Gasteiger partial charge in [-0.05, 0) is 13.8 Å². The second-order valence-electron chi connectivity index (χ2n) is 5.58. The molecule has 0 aliphatic carbocycles. The summed E-state index contributed by atoms with van der Waals surface area (Å²) in [5, 5.41) is 6.52.